The van der Waals surface area contributed by atoms with Crippen LogP contribution in [0, 0.1) is 6.92 Å². The summed E-state index contributed by atoms with van der Waals surface area (Å²) in [4.78, 5) is 29.3. The number of halogens is 1. The zero-order valence-corrected chi connectivity index (χ0v) is 19.0. The van der Waals surface area contributed by atoms with E-state index in [1.165, 1.54) is 0 Å². The van der Waals surface area contributed by atoms with Gasteiger partial charge in [-0.3, -0.25) is 9.59 Å². The van der Waals surface area contributed by atoms with Crippen molar-refractivity contribution in [2.45, 2.75) is 13.5 Å². The Morgan fingerprint density at radius 1 is 1.03 bits per heavy atom. The molecule has 2 aliphatic rings. The molecule has 2 N–H and O–H groups in total. The Kier molecular flexibility index (Phi) is 6.72. The van der Waals surface area contributed by atoms with Crippen molar-refractivity contribution >= 4 is 34.8 Å². The molecule has 0 aromatic heterocycles. The number of piperazine rings is 1. The molecule has 0 saturated carbocycles. The molecular weight excluding hydrogens is 432 g/mol. The second-order valence-corrected chi connectivity index (χ2v) is 8.44. The SMILES string of the molecule is Cc1cc(NC(=O)C(=O)NCc2cc(Cl)c3c(c2)OCCO3)ccc1N1CCN(C)CC1. The first-order valence-electron chi connectivity index (χ1n) is 10.6. The van der Waals surface area contributed by atoms with E-state index < -0.39 is 11.8 Å². The quantitative estimate of drug-likeness (QED) is 0.685. The Morgan fingerprint density at radius 3 is 2.53 bits per heavy atom. The van der Waals surface area contributed by atoms with Crippen molar-refractivity contribution in [3.05, 3.63) is 46.5 Å². The lowest BCUT2D eigenvalue weighted by Gasteiger charge is -2.35. The van der Waals surface area contributed by atoms with E-state index in [9.17, 15) is 9.59 Å². The molecule has 8 nitrogen and oxygen atoms in total. The normalized spacial score (nSPS) is 15.9. The van der Waals surface area contributed by atoms with Crippen LogP contribution in [0.1, 0.15) is 11.1 Å². The van der Waals surface area contributed by atoms with Crippen LogP contribution < -0.4 is 25.0 Å². The Morgan fingerprint density at radius 2 is 1.78 bits per heavy atom. The summed E-state index contributed by atoms with van der Waals surface area (Å²) in [6, 6.07) is 9.14. The molecule has 170 valence electrons. The van der Waals surface area contributed by atoms with Crippen LogP contribution in [0.15, 0.2) is 30.3 Å². The number of nitrogens with one attached hydrogen (secondary N) is 2. The highest BCUT2D eigenvalue weighted by molar-refractivity contribution is 6.39. The number of aryl methyl sites for hydroxylation is 1. The fraction of sp³-hybridized carbons (Fsp3) is 0.391. The van der Waals surface area contributed by atoms with Crippen LogP contribution in [-0.2, 0) is 16.1 Å². The Bertz CT molecular complexity index is 1020. The number of anilines is 2. The van der Waals surface area contributed by atoms with Gasteiger partial charge in [0.25, 0.3) is 0 Å². The Balaban J connectivity index is 1.33. The molecule has 1 fully saturated rings. The van der Waals surface area contributed by atoms with E-state index in [-0.39, 0.29) is 6.54 Å². The van der Waals surface area contributed by atoms with Gasteiger partial charge in [0.05, 0.1) is 5.02 Å². The molecule has 2 aromatic rings. The molecule has 9 heteroatoms. The smallest absolute Gasteiger partial charge is 0.313 e. The molecule has 0 spiro atoms. The number of likely N-dealkylation sites (N-methyl/N-ethyl adjacent to an activating group) is 1. The van der Waals surface area contributed by atoms with Gasteiger partial charge in [-0.15, -0.1) is 0 Å². The van der Waals surface area contributed by atoms with Gasteiger partial charge in [-0.25, -0.2) is 0 Å². The van der Waals surface area contributed by atoms with Gasteiger partial charge in [0.2, 0.25) is 0 Å². The average molecular weight is 459 g/mol. The van der Waals surface area contributed by atoms with Crippen LogP contribution in [-0.4, -0.2) is 63.2 Å². The van der Waals surface area contributed by atoms with Gasteiger partial charge in [-0.05, 0) is 55.4 Å². The third-order valence-corrected chi connectivity index (χ3v) is 5.90. The minimum Gasteiger partial charge on any atom is -0.486 e. The summed E-state index contributed by atoms with van der Waals surface area (Å²) in [5.74, 6) is -0.410. The summed E-state index contributed by atoms with van der Waals surface area (Å²) < 4.78 is 11.0. The fourth-order valence-corrected chi connectivity index (χ4v) is 4.14. The van der Waals surface area contributed by atoms with E-state index in [2.05, 4.69) is 27.5 Å². The van der Waals surface area contributed by atoms with Crippen molar-refractivity contribution < 1.29 is 19.1 Å². The zero-order chi connectivity index (χ0) is 22.7. The summed E-state index contributed by atoms with van der Waals surface area (Å²) in [6.45, 7) is 7.01. The van der Waals surface area contributed by atoms with Crippen molar-refractivity contribution in [1.29, 1.82) is 0 Å². The van der Waals surface area contributed by atoms with Crippen LogP contribution in [0.5, 0.6) is 11.5 Å². The van der Waals surface area contributed by atoms with E-state index in [1.807, 2.05) is 25.1 Å². The highest BCUT2D eigenvalue weighted by Gasteiger charge is 2.19. The molecule has 2 amide bonds. The second-order valence-electron chi connectivity index (χ2n) is 8.03. The molecule has 2 aromatic carbocycles. The number of carbonyl (C=O) groups excluding carboxylic acids is 2. The van der Waals surface area contributed by atoms with Crippen molar-refractivity contribution in [3.8, 4) is 11.5 Å². The second kappa shape index (κ2) is 9.67. The van der Waals surface area contributed by atoms with Crippen LogP contribution in [0.25, 0.3) is 0 Å². The number of rotatable bonds is 4. The molecular formula is C23H27ClN4O4. The topological polar surface area (TPSA) is 83.1 Å². The molecule has 2 aliphatic heterocycles. The van der Waals surface area contributed by atoms with Gasteiger partial charge in [0.15, 0.2) is 11.5 Å². The largest absolute Gasteiger partial charge is 0.486 e. The number of ether oxygens (including phenoxy) is 2. The molecule has 0 atom stereocenters. The third kappa shape index (κ3) is 5.08. The lowest BCUT2D eigenvalue weighted by atomic mass is 10.1. The Labute approximate surface area is 192 Å². The van der Waals surface area contributed by atoms with Crippen molar-refractivity contribution in [3.63, 3.8) is 0 Å². The number of fused-ring (bicyclic) bond motifs is 1. The van der Waals surface area contributed by atoms with Crippen molar-refractivity contribution in [1.82, 2.24) is 10.2 Å². The number of hydrogen-bond acceptors (Lipinski definition) is 6. The van der Waals surface area contributed by atoms with Crippen LogP contribution in [0.3, 0.4) is 0 Å². The first kappa shape index (κ1) is 22.2. The van der Waals surface area contributed by atoms with Gasteiger partial charge < -0.3 is 29.9 Å². The molecule has 4 rings (SSSR count). The van der Waals surface area contributed by atoms with Gasteiger partial charge in [0, 0.05) is 44.1 Å². The van der Waals surface area contributed by atoms with E-state index in [0.717, 1.165) is 37.4 Å². The number of carbonyl (C=O) groups is 2. The molecule has 0 bridgehead atoms. The summed E-state index contributed by atoms with van der Waals surface area (Å²) in [5.41, 5.74) is 3.50. The molecule has 2 heterocycles. The maximum Gasteiger partial charge on any atom is 0.313 e. The van der Waals surface area contributed by atoms with Crippen molar-refractivity contribution in [2.24, 2.45) is 0 Å². The van der Waals surface area contributed by atoms with Crippen LogP contribution in [0.4, 0.5) is 11.4 Å². The monoisotopic (exact) mass is 458 g/mol. The predicted octanol–water partition coefficient (Wildman–Crippen LogP) is 2.43. The predicted molar refractivity (Wildman–Crippen MR) is 124 cm³/mol. The standard InChI is InChI=1S/C23H27ClN4O4/c1-15-11-17(3-4-19(15)28-7-5-27(2)6-8-28)26-23(30)22(29)25-14-16-12-18(24)21-20(13-16)31-9-10-32-21/h3-4,11-13H,5-10,14H2,1-2H3,(H,25,29)(H,26,30). The van der Waals surface area contributed by atoms with Gasteiger partial charge in [-0.1, -0.05) is 11.6 Å². The van der Waals surface area contributed by atoms with E-state index in [4.69, 9.17) is 21.1 Å². The summed E-state index contributed by atoms with van der Waals surface area (Å²) in [7, 11) is 2.12. The molecule has 0 radical (unpaired) electrons. The maximum atomic E-state index is 12.4. The molecule has 32 heavy (non-hydrogen) atoms. The minimum absolute atomic E-state index is 0.143. The Hall–Kier alpha value is -2.97. The maximum absolute atomic E-state index is 12.4. The fourth-order valence-electron chi connectivity index (χ4n) is 3.85. The van der Waals surface area contributed by atoms with E-state index in [0.29, 0.717) is 41.0 Å². The van der Waals surface area contributed by atoms with Crippen LogP contribution >= 0.6 is 11.6 Å². The summed E-state index contributed by atoms with van der Waals surface area (Å²) in [5, 5.41) is 5.69. The number of hydrogen-bond donors (Lipinski definition) is 2. The van der Waals surface area contributed by atoms with E-state index >= 15 is 0 Å². The lowest BCUT2D eigenvalue weighted by molar-refractivity contribution is -0.136. The number of benzene rings is 2. The highest BCUT2D eigenvalue weighted by atomic mass is 35.5. The van der Waals surface area contributed by atoms with Gasteiger partial charge >= 0.3 is 11.8 Å². The summed E-state index contributed by atoms with van der Waals surface area (Å²) in [6.07, 6.45) is 0. The molecule has 1 saturated heterocycles. The lowest BCUT2D eigenvalue weighted by Crippen LogP contribution is -2.44. The zero-order valence-electron chi connectivity index (χ0n) is 18.2. The minimum atomic E-state index is -0.725. The van der Waals surface area contributed by atoms with Crippen LogP contribution in [0.2, 0.25) is 5.02 Å². The van der Waals surface area contributed by atoms with Crippen molar-refractivity contribution in [2.75, 3.05) is 56.7 Å². The molecule has 0 aliphatic carbocycles. The molecule has 0 unspecified atom stereocenters. The highest BCUT2D eigenvalue weighted by Crippen LogP contribution is 2.38. The first-order valence-corrected chi connectivity index (χ1v) is 11.0. The third-order valence-electron chi connectivity index (χ3n) is 5.61. The number of nitrogens with zero attached hydrogens (tertiary/aromatic N) is 2. The first-order chi connectivity index (χ1) is 15.4. The van der Waals surface area contributed by atoms with Gasteiger partial charge in [-0.2, -0.15) is 0 Å². The number of amides is 2. The van der Waals surface area contributed by atoms with E-state index in [1.54, 1.807) is 12.1 Å². The average Bonchev–Trinajstić information content (AvgIpc) is 2.78. The van der Waals surface area contributed by atoms with Gasteiger partial charge in [0.1, 0.15) is 13.2 Å². The summed E-state index contributed by atoms with van der Waals surface area (Å²) >= 11 is 6.22.